The molecule has 2 aromatic rings. The van der Waals surface area contributed by atoms with E-state index in [1.165, 1.54) is 10.6 Å². The van der Waals surface area contributed by atoms with Gasteiger partial charge in [0.15, 0.2) is 5.78 Å². The Morgan fingerprint density at radius 2 is 2.14 bits per heavy atom. The van der Waals surface area contributed by atoms with Gasteiger partial charge in [0.05, 0.1) is 30.1 Å². The van der Waals surface area contributed by atoms with Gasteiger partial charge in [0.2, 0.25) is 10.0 Å². The van der Waals surface area contributed by atoms with E-state index in [0.29, 0.717) is 24.2 Å². The summed E-state index contributed by atoms with van der Waals surface area (Å²) in [4.78, 5) is 17.1. The monoisotopic (exact) mass is 398 g/mol. The highest BCUT2D eigenvalue weighted by molar-refractivity contribution is 7.92. The van der Waals surface area contributed by atoms with Gasteiger partial charge in [0, 0.05) is 30.4 Å². The quantitative estimate of drug-likeness (QED) is 0.781. The molecule has 0 bridgehead atoms. The third-order valence-electron chi connectivity index (χ3n) is 5.11. The minimum absolute atomic E-state index is 0.00384. The maximum absolute atomic E-state index is 12.8. The molecule has 1 N–H and O–H groups in total. The van der Waals surface area contributed by atoms with Crippen molar-refractivity contribution >= 4 is 27.2 Å². The third kappa shape index (κ3) is 3.77. The van der Waals surface area contributed by atoms with Crippen molar-refractivity contribution in [3.05, 3.63) is 59.4 Å². The molecule has 0 spiro atoms. The number of pyridine rings is 1. The second-order valence-corrected chi connectivity index (χ2v) is 9.11. The fraction of sp³-hybridized carbons (Fsp3) is 0.350. The number of hydrogen-bond donors (Lipinski definition) is 1. The van der Waals surface area contributed by atoms with Gasteiger partial charge in [-0.15, -0.1) is 0 Å². The number of sulfonamides is 1. The number of rotatable bonds is 5. The molecule has 146 valence electrons. The van der Waals surface area contributed by atoms with Crippen LogP contribution in [0.3, 0.4) is 0 Å². The van der Waals surface area contributed by atoms with Crippen molar-refractivity contribution in [2.75, 3.05) is 17.1 Å². The molecule has 0 fully saturated rings. The van der Waals surface area contributed by atoms with Crippen LogP contribution in [0, 0.1) is 0 Å². The average molecular weight is 398 g/mol. The van der Waals surface area contributed by atoms with Crippen molar-refractivity contribution in [2.45, 2.75) is 31.7 Å². The molecule has 1 aromatic carbocycles. The summed E-state index contributed by atoms with van der Waals surface area (Å²) in [5, 5.41) is 4.31. The zero-order valence-corrected chi connectivity index (χ0v) is 16.4. The Bertz CT molecular complexity index is 1030. The third-order valence-corrected chi connectivity index (χ3v) is 6.29. The van der Waals surface area contributed by atoms with E-state index >= 15 is 0 Å². The fourth-order valence-corrected chi connectivity index (χ4v) is 4.72. The first-order chi connectivity index (χ1) is 13.4. The van der Waals surface area contributed by atoms with Crippen molar-refractivity contribution < 1.29 is 13.2 Å². The van der Waals surface area contributed by atoms with E-state index in [1.807, 2.05) is 24.3 Å². The number of aryl methyl sites for hydroxylation is 1. The predicted molar refractivity (Wildman–Crippen MR) is 108 cm³/mol. The number of carbonyl (C=O) groups excluding carboxylic acids is 1. The van der Waals surface area contributed by atoms with Gasteiger partial charge in [-0.3, -0.25) is 14.1 Å². The molecule has 1 unspecified atom stereocenters. The first-order valence-electron chi connectivity index (χ1n) is 9.27. The number of hydrogen-bond acceptors (Lipinski definition) is 6. The van der Waals surface area contributed by atoms with Gasteiger partial charge in [-0.2, -0.15) is 5.10 Å². The van der Waals surface area contributed by atoms with Crippen LogP contribution in [0.15, 0.2) is 47.7 Å². The SMILES string of the molecule is CS(=O)(=O)N1CCCc2cc(C(=O)CC3=NNC(c4ccccn4)C3)ccc21. The van der Waals surface area contributed by atoms with Crippen LogP contribution < -0.4 is 9.73 Å². The average Bonchev–Trinajstić information content (AvgIpc) is 3.15. The number of anilines is 1. The van der Waals surface area contributed by atoms with Crippen LogP contribution in [-0.2, 0) is 16.4 Å². The molecule has 1 aromatic heterocycles. The number of carbonyl (C=O) groups is 1. The van der Waals surface area contributed by atoms with Gasteiger partial charge in [-0.1, -0.05) is 6.07 Å². The Hall–Kier alpha value is -2.74. The highest BCUT2D eigenvalue weighted by Gasteiger charge is 2.26. The Morgan fingerprint density at radius 1 is 1.29 bits per heavy atom. The van der Waals surface area contributed by atoms with E-state index in [2.05, 4.69) is 15.5 Å². The molecule has 8 heteroatoms. The first-order valence-corrected chi connectivity index (χ1v) is 11.1. The molecule has 0 saturated heterocycles. The summed E-state index contributed by atoms with van der Waals surface area (Å²) in [6.07, 6.45) is 5.37. The van der Waals surface area contributed by atoms with Crippen LogP contribution in [0.4, 0.5) is 5.69 Å². The molecule has 4 rings (SSSR count). The minimum Gasteiger partial charge on any atom is -0.301 e. The number of nitrogens with zero attached hydrogens (tertiary/aromatic N) is 3. The van der Waals surface area contributed by atoms with Crippen LogP contribution in [0.1, 0.15) is 46.9 Å². The standard InChI is InChI=1S/C20H22N4O3S/c1-28(26,27)24-10-4-5-14-11-15(7-8-19(14)24)20(25)13-16-12-18(23-22-16)17-6-2-3-9-21-17/h2-3,6-9,11,18,23H,4-5,10,12-13H2,1H3. The number of hydrazone groups is 1. The van der Waals surface area contributed by atoms with Crippen molar-refractivity contribution in [3.63, 3.8) is 0 Å². The smallest absolute Gasteiger partial charge is 0.232 e. The Balaban J connectivity index is 1.46. The van der Waals surface area contributed by atoms with E-state index in [4.69, 9.17) is 0 Å². The Morgan fingerprint density at radius 3 is 2.89 bits per heavy atom. The summed E-state index contributed by atoms with van der Waals surface area (Å²) in [5.41, 5.74) is 6.94. The fourth-order valence-electron chi connectivity index (χ4n) is 3.73. The molecule has 3 heterocycles. The van der Waals surface area contributed by atoms with Gasteiger partial charge < -0.3 is 5.43 Å². The number of aromatic nitrogens is 1. The highest BCUT2D eigenvalue weighted by atomic mass is 32.2. The zero-order valence-electron chi connectivity index (χ0n) is 15.6. The second-order valence-electron chi connectivity index (χ2n) is 7.20. The predicted octanol–water partition coefficient (Wildman–Crippen LogP) is 2.46. The summed E-state index contributed by atoms with van der Waals surface area (Å²) in [6, 6.07) is 11.0. The van der Waals surface area contributed by atoms with E-state index in [9.17, 15) is 13.2 Å². The molecule has 2 aliphatic heterocycles. The molecule has 7 nitrogen and oxygen atoms in total. The van der Waals surface area contributed by atoms with Crippen LogP contribution in [-0.4, -0.2) is 37.7 Å². The molecule has 1 atom stereocenters. The molecular formula is C20H22N4O3S. The Labute approximate surface area is 164 Å². The maximum Gasteiger partial charge on any atom is 0.232 e. The van der Waals surface area contributed by atoms with Crippen LogP contribution in [0.5, 0.6) is 0 Å². The van der Waals surface area contributed by atoms with Crippen LogP contribution >= 0.6 is 0 Å². The lowest BCUT2D eigenvalue weighted by atomic mass is 9.96. The first kappa shape index (κ1) is 18.6. The normalized spacial score (nSPS) is 19.0. The van der Waals surface area contributed by atoms with E-state index in [-0.39, 0.29) is 18.2 Å². The summed E-state index contributed by atoms with van der Waals surface area (Å²) in [6.45, 7) is 0.483. The molecule has 0 radical (unpaired) electrons. The molecule has 28 heavy (non-hydrogen) atoms. The van der Waals surface area contributed by atoms with Crippen LogP contribution in [0.2, 0.25) is 0 Å². The Kier molecular flexibility index (Phi) is 4.89. The van der Waals surface area contributed by atoms with Crippen molar-refractivity contribution in [3.8, 4) is 0 Å². The zero-order chi connectivity index (χ0) is 19.7. The summed E-state index contributed by atoms with van der Waals surface area (Å²) in [7, 11) is -3.31. The maximum atomic E-state index is 12.8. The number of benzene rings is 1. The number of Topliss-reactive ketones (excluding diaryl/α,β-unsaturated/α-hetero) is 1. The van der Waals surface area contributed by atoms with Crippen LogP contribution in [0.25, 0.3) is 0 Å². The van der Waals surface area contributed by atoms with Crippen molar-refractivity contribution in [1.82, 2.24) is 10.4 Å². The molecular weight excluding hydrogens is 376 g/mol. The van der Waals surface area contributed by atoms with E-state index in [1.54, 1.807) is 18.3 Å². The van der Waals surface area contributed by atoms with Gasteiger partial charge in [-0.05, 0) is 48.7 Å². The van der Waals surface area contributed by atoms with Crippen molar-refractivity contribution in [1.29, 1.82) is 0 Å². The second kappa shape index (κ2) is 7.35. The summed E-state index contributed by atoms with van der Waals surface area (Å²) in [5.74, 6) is -0.0125. The molecule has 2 aliphatic rings. The highest BCUT2D eigenvalue weighted by Crippen LogP contribution is 2.30. The van der Waals surface area contributed by atoms with Gasteiger partial charge in [-0.25, -0.2) is 8.42 Å². The topological polar surface area (TPSA) is 91.7 Å². The summed E-state index contributed by atoms with van der Waals surface area (Å²) >= 11 is 0. The lowest BCUT2D eigenvalue weighted by molar-refractivity contribution is 0.1000. The van der Waals surface area contributed by atoms with E-state index in [0.717, 1.165) is 29.8 Å². The molecule has 0 saturated carbocycles. The van der Waals surface area contributed by atoms with E-state index < -0.39 is 10.0 Å². The number of nitrogens with one attached hydrogen (secondary N) is 1. The largest absolute Gasteiger partial charge is 0.301 e. The number of fused-ring (bicyclic) bond motifs is 1. The number of ketones is 1. The molecule has 0 amide bonds. The summed E-state index contributed by atoms with van der Waals surface area (Å²) < 4.78 is 25.4. The van der Waals surface area contributed by atoms with Gasteiger partial charge in [0.25, 0.3) is 0 Å². The van der Waals surface area contributed by atoms with Gasteiger partial charge >= 0.3 is 0 Å². The lowest BCUT2D eigenvalue weighted by Gasteiger charge is -2.29. The molecule has 0 aliphatic carbocycles. The van der Waals surface area contributed by atoms with Gasteiger partial charge in [0.1, 0.15) is 0 Å². The lowest BCUT2D eigenvalue weighted by Crippen LogP contribution is -2.34. The van der Waals surface area contributed by atoms with Crippen molar-refractivity contribution in [2.24, 2.45) is 5.10 Å². The minimum atomic E-state index is -3.31.